The summed E-state index contributed by atoms with van der Waals surface area (Å²) >= 11 is 0. The summed E-state index contributed by atoms with van der Waals surface area (Å²) in [5.41, 5.74) is 1.45. The van der Waals surface area contributed by atoms with Gasteiger partial charge in [-0.05, 0) is 24.6 Å². The van der Waals surface area contributed by atoms with Crippen LogP contribution in [0.2, 0.25) is 0 Å². The SMILES string of the molecule is Br.PCCCc1ccccc1. The quantitative estimate of drug-likeness (QED) is 0.704. The van der Waals surface area contributed by atoms with E-state index in [1.54, 1.807) is 0 Å². The molecule has 0 nitrogen and oxygen atoms in total. The minimum absolute atomic E-state index is 0. The predicted molar refractivity (Wildman–Crippen MR) is 59.7 cm³/mol. The minimum atomic E-state index is 0. The molecule has 0 saturated heterocycles. The van der Waals surface area contributed by atoms with Crippen LogP contribution in [0.15, 0.2) is 30.3 Å². The zero-order chi connectivity index (χ0) is 7.23. The second-order valence-electron chi connectivity index (χ2n) is 2.38. The van der Waals surface area contributed by atoms with Crippen LogP contribution < -0.4 is 0 Å². The first-order chi connectivity index (χ1) is 4.93. The predicted octanol–water partition coefficient (Wildman–Crippen LogP) is 3.07. The molecule has 0 heterocycles. The summed E-state index contributed by atoms with van der Waals surface area (Å²) in [6, 6.07) is 10.6. The van der Waals surface area contributed by atoms with Gasteiger partial charge in [-0.3, -0.25) is 0 Å². The Morgan fingerprint density at radius 3 is 2.27 bits per heavy atom. The highest BCUT2D eigenvalue weighted by Gasteiger charge is 1.87. The Balaban J connectivity index is 0.000001000. The van der Waals surface area contributed by atoms with Crippen LogP contribution in [0.4, 0.5) is 0 Å². The van der Waals surface area contributed by atoms with Crippen molar-refractivity contribution in [1.82, 2.24) is 0 Å². The molecule has 1 rings (SSSR count). The fourth-order valence-electron chi connectivity index (χ4n) is 0.951. The zero-order valence-electron chi connectivity index (χ0n) is 6.49. The first-order valence-electron chi connectivity index (χ1n) is 3.67. The summed E-state index contributed by atoms with van der Waals surface area (Å²) < 4.78 is 0. The van der Waals surface area contributed by atoms with E-state index in [1.165, 1.54) is 24.6 Å². The molecule has 0 bridgehead atoms. The van der Waals surface area contributed by atoms with E-state index in [9.17, 15) is 0 Å². The first kappa shape index (κ1) is 11.1. The van der Waals surface area contributed by atoms with Gasteiger partial charge in [-0.25, -0.2) is 0 Å². The van der Waals surface area contributed by atoms with Gasteiger partial charge in [-0.1, -0.05) is 30.3 Å². The van der Waals surface area contributed by atoms with Gasteiger partial charge in [0.1, 0.15) is 0 Å². The largest absolute Gasteiger partial charge is 0.138 e. The molecule has 11 heavy (non-hydrogen) atoms. The zero-order valence-corrected chi connectivity index (χ0v) is 9.36. The van der Waals surface area contributed by atoms with Crippen LogP contribution >= 0.6 is 26.2 Å². The van der Waals surface area contributed by atoms with E-state index in [4.69, 9.17) is 0 Å². The van der Waals surface area contributed by atoms with Gasteiger partial charge >= 0.3 is 0 Å². The van der Waals surface area contributed by atoms with Gasteiger partial charge in [0, 0.05) is 0 Å². The average Bonchev–Trinajstić information content (AvgIpc) is 2.03. The monoisotopic (exact) mass is 232 g/mol. The molecule has 0 aromatic heterocycles. The molecule has 0 aliphatic carbocycles. The summed E-state index contributed by atoms with van der Waals surface area (Å²) in [5, 5.41) is 0. The number of rotatable bonds is 3. The van der Waals surface area contributed by atoms with E-state index in [0.717, 1.165) is 0 Å². The molecule has 0 radical (unpaired) electrons. The van der Waals surface area contributed by atoms with E-state index in [-0.39, 0.29) is 17.0 Å². The molecular weight excluding hydrogens is 219 g/mol. The summed E-state index contributed by atoms with van der Waals surface area (Å²) in [7, 11) is 2.75. The molecule has 0 N–H and O–H groups in total. The molecule has 1 atom stereocenters. The molecule has 0 amide bonds. The number of hydrogen-bond acceptors (Lipinski definition) is 0. The molecule has 62 valence electrons. The minimum Gasteiger partial charge on any atom is -0.138 e. The first-order valence-corrected chi connectivity index (χ1v) is 4.49. The summed E-state index contributed by atoms with van der Waals surface area (Å²) in [6.45, 7) is 0. The topological polar surface area (TPSA) is 0 Å². The van der Waals surface area contributed by atoms with Crippen molar-refractivity contribution in [2.24, 2.45) is 0 Å². The van der Waals surface area contributed by atoms with Gasteiger partial charge in [-0.2, -0.15) is 0 Å². The van der Waals surface area contributed by atoms with Gasteiger partial charge in [-0.15, -0.1) is 26.2 Å². The maximum atomic E-state index is 2.75. The third-order valence-electron chi connectivity index (χ3n) is 1.51. The summed E-state index contributed by atoms with van der Waals surface area (Å²) in [6.07, 6.45) is 3.69. The normalized spacial score (nSPS) is 8.82. The van der Waals surface area contributed by atoms with Crippen molar-refractivity contribution >= 4 is 26.2 Å². The number of hydrogen-bond donors (Lipinski definition) is 0. The Morgan fingerprint density at radius 1 is 1.09 bits per heavy atom. The fourth-order valence-corrected chi connectivity index (χ4v) is 1.15. The summed E-state index contributed by atoms with van der Waals surface area (Å²) in [5.74, 6) is 0. The van der Waals surface area contributed by atoms with Crippen molar-refractivity contribution < 1.29 is 0 Å². The molecule has 0 saturated carbocycles. The van der Waals surface area contributed by atoms with Crippen LogP contribution in [0.25, 0.3) is 0 Å². The van der Waals surface area contributed by atoms with Crippen LogP contribution in [0.1, 0.15) is 12.0 Å². The number of halogens is 1. The van der Waals surface area contributed by atoms with Crippen molar-refractivity contribution in [2.75, 3.05) is 6.16 Å². The molecule has 2 heteroatoms. The van der Waals surface area contributed by atoms with Crippen molar-refractivity contribution in [1.29, 1.82) is 0 Å². The fraction of sp³-hybridized carbons (Fsp3) is 0.333. The van der Waals surface area contributed by atoms with Crippen molar-refractivity contribution in [3.05, 3.63) is 35.9 Å². The maximum Gasteiger partial charge on any atom is -0.0276 e. The molecule has 1 aromatic carbocycles. The smallest absolute Gasteiger partial charge is 0.0276 e. The van der Waals surface area contributed by atoms with Gasteiger partial charge in [0.25, 0.3) is 0 Å². The lowest BCUT2D eigenvalue weighted by Crippen LogP contribution is -1.83. The van der Waals surface area contributed by atoms with E-state index >= 15 is 0 Å². The standard InChI is InChI=1S/C9H13P.BrH/c10-8-4-7-9-5-2-1-3-6-9;/h1-3,5-6H,4,7-8,10H2;1H. The van der Waals surface area contributed by atoms with Crippen molar-refractivity contribution in [2.45, 2.75) is 12.8 Å². The Hall–Kier alpha value is 0.130. The number of aryl methyl sites for hydroxylation is 1. The molecule has 0 spiro atoms. The van der Waals surface area contributed by atoms with Crippen LogP contribution in [-0.4, -0.2) is 6.16 Å². The highest BCUT2D eigenvalue weighted by atomic mass is 79.9. The summed E-state index contributed by atoms with van der Waals surface area (Å²) in [4.78, 5) is 0. The lowest BCUT2D eigenvalue weighted by Gasteiger charge is -1.96. The molecular formula is C9H14BrP. The molecule has 1 unspecified atom stereocenters. The van der Waals surface area contributed by atoms with E-state index in [2.05, 4.69) is 39.6 Å². The van der Waals surface area contributed by atoms with E-state index in [0.29, 0.717) is 0 Å². The van der Waals surface area contributed by atoms with Crippen molar-refractivity contribution in [3.63, 3.8) is 0 Å². The van der Waals surface area contributed by atoms with Gasteiger partial charge < -0.3 is 0 Å². The van der Waals surface area contributed by atoms with Crippen LogP contribution in [0.5, 0.6) is 0 Å². The average molecular weight is 233 g/mol. The molecule has 1 aromatic rings. The lowest BCUT2D eigenvalue weighted by molar-refractivity contribution is 0.934. The second-order valence-corrected chi connectivity index (χ2v) is 2.96. The van der Waals surface area contributed by atoms with Crippen LogP contribution in [0, 0.1) is 0 Å². The second kappa shape index (κ2) is 6.82. The lowest BCUT2D eigenvalue weighted by atomic mass is 10.1. The van der Waals surface area contributed by atoms with Crippen LogP contribution in [-0.2, 0) is 6.42 Å². The molecule has 0 fully saturated rings. The highest BCUT2D eigenvalue weighted by Crippen LogP contribution is 2.02. The number of benzene rings is 1. The van der Waals surface area contributed by atoms with Gasteiger partial charge in [0.2, 0.25) is 0 Å². The molecule has 0 aliphatic heterocycles. The van der Waals surface area contributed by atoms with E-state index in [1.807, 2.05) is 0 Å². The Kier molecular flexibility index (Phi) is 6.90. The third-order valence-corrected chi connectivity index (χ3v) is 1.92. The maximum absolute atomic E-state index is 2.75. The van der Waals surface area contributed by atoms with Crippen molar-refractivity contribution in [3.8, 4) is 0 Å². The van der Waals surface area contributed by atoms with Gasteiger partial charge in [0.05, 0.1) is 0 Å². The molecule has 0 aliphatic rings. The van der Waals surface area contributed by atoms with Crippen LogP contribution in [0.3, 0.4) is 0 Å². The van der Waals surface area contributed by atoms with E-state index < -0.39 is 0 Å². The Morgan fingerprint density at radius 2 is 1.73 bits per heavy atom. The highest BCUT2D eigenvalue weighted by molar-refractivity contribution is 8.93. The third kappa shape index (κ3) is 4.55. The Labute approximate surface area is 81.4 Å². The Bertz CT molecular complexity index is 174. The van der Waals surface area contributed by atoms with Gasteiger partial charge in [0.15, 0.2) is 0 Å².